The fourth-order valence-electron chi connectivity index (χ4n) is 1.23. The first-order chi connectivity index (χ1) is 5.81. The second kappa shape index (κ2) is 2.84. The van der Waals surface area contributed by atoms with Crippen molar-refractivity contribution in [3.63, 3.8) is 0 Å². The largest absolute Gasteiger partial charge is 0.391 e. The number of nitrogens with zero attached hydrogens (tertiary/aromatic N) is 1. The molecular weight excluding hydrogens is 170 g/mol. The minimum absolute atomic E-state index is 0.124. The molecule has 1 N–H and O–H groups in total. The van der Waals surface area contributed by atoms with Crippen molar-refractivity contribution in [3.05, 3.63) is 28.9 Å². The Kier molecular flexibility index (Phi) is 1.83. The molecule has 3 heteroatoms. The molecule has 0 saturated heterocycles. The number of pyridine rings is 1. The molecule has 0 amide bonds. The quantitative estimate of drug-likeness (QED) is 0.727. The van der Waals surface area contributed by atoms with Gasteiger partial charge in [-0.1, -0.05) is 0 Å². The lowest BCUT2D eigenvalue weighted by Gasteiger charge is -1.91. The van der Waals surface area contributed by atoms with Gasteiger partial charge in [-0.25, -0.2) is 0 Å². The molecule has 2 heterocycles. The molecule has 0 bridgehead atoms. The van der Waals surface area contributed by atoms with Crippen LogP contribution in [-0.2, 0) is 6.61 Å². The van der Waals surface area contributed by atoms with E-state index < -0.39 is 0 Å². The molecule has 2 aromatic rings. The summed E-state index contributed by atoms with van der Waals surface area (Å²) in [4.78, 5) is 5.09. The first-order valence-corrected chi connectivity index (χ1v) is 4.57. The van der Waals surface area contributed by atoms with Crippen LogP contribution in [0.4, 0.5) is 0 Å². The van der Waals surface area contributed by atoms with Crippen molar-refractivity contribution in [1.82, 2.24) is 4.98 Å². The second-order valence-electron chi connectivity index (χ2n) is 2.74. The Labute approximate surface area is 74.5 Å². The minimum atomic E-state index is 0.124. The Balaban J connectivity index is 2.74. The molecule has 2 aromatic heterocycles. The van der Waals surface area contributed by atoms with Crippen LogP contribution in [0.25, 0.3) is 10.1 Å². The highest BCUT2D eigenvalue weighted by molar-refractivity contribution is 7.19. The van der Waals surface area contributed by atoms with Crippen LogP contribution < -0.4 is 0 Å². The Morgan fingerprint density at radius 1 is 1.50 bits per heavy atom. The summed E-state index contributed by atoms with van der Waals surface area (Å²) in [7, 11) is 0. The normalized spacial score (nSPS) is 10.8. The molecule has 12 heavy (non-hydrogen) atoms. The van der Waals surface area contributed by atoms with Crippen LogP contribution in [-0.4, -0.2) is 10.1 Å². The van der Waals surface area contributed by atoms with Gasteiger partial charge in [0.05, 0.1) is 11.3 Å². The number of hydrogen-bond donors (Lipinski definition) is 1. The van der Waals surface area contributed by atoms with Gasteiger partial charge < -0.3 is 5.11 Å². The van der Waals surface area contributed by atoms with E-state index >= 15 is 0 Å². The number of aliphatic hydroxyl groups is 1. The average Bonchev–Trinajstić information content (AvgIpc) is 2.49. The van der Waals surface area contributed by atoms with Gasteiger partial charge in [0.2, 0.25) is 0 Å². The van der Waals surface area contributed by atoms with Gasteiger partial charge in [-0.2, -0.15) is 0 Å². The van der Waals surface area contributed by atoms with Crippen LogP contribution >= 0.6 is 11.3 Å². The number of aryl methyl sites for hydroxylation is 1. The van der Waals surface area contributed by atoms with Crippen molar-refractivity contribution >= 4 is 21.4 Å². The van der Waals surface area contributed by atoms with Crippen molar-refractivity contribution in [3.8, 4) is 0 Å². The lowest BCUT2D eigenvalue weighted by Crippen LogP contribution is -1.75. The van der Waals surface area contributed by atoms with Crippen LogP contribution in [0.3, 0.4) is 0 Å². The molecule has 62 valence electrons. The molecule has 2 nitrogen and oxygen atoms in total. The van der Waals surface area contributed by atoms with Gasteiger partial charge in [-0.15, -0.1) is 11.3 Å². The molecule has 0 aliphatic carbocycles. The number of aromatic nitrogens is 1. The predicted octanol–water partition coefficient (Wildman–Crippen LogP) is 2.10. The van der Waals surface area contributed by atoms with Crippen LogP contribution in [0.1, 0.15) is 10.4 Å². The fraction of sp³-hybridized carbons (Fsp3) is 0.222. The van der Waals surface area contributed by atoms with Crippen molar-refractivity contribution in [2.45, 2.75) is 13.5 Å². The van der Waals surface area contributed by atoms with Crippen LogP contribution in [0.2, 0.25) is 0 Å². The van der Waals surface area contributed by atoms with Crippen LogP contribution in [0, 0.1) is 6.92 Å². The molecule has 0 radical (unpaired) electrons. The van der Waals surface area contributed by atoms with Gasteiger partial charge in [-0.3, -0.25) is 4.98 Å². The predicted molar refractivity (Wildman–Crippen MR) is 50.3 cm³/mol. The van der Waals surface area contributed by atoms with Crippen molar-refractivity contribution in [2.75, 3.05) is 0 Å². The summed E-state index contributed by atoms with van der Waals surface area (Å²) in [6.07, 6.45) is 3.68. The molecule has 2 rings (SSSR count). The van der Waals surface area contributed by atoms with Crippen LogP contribution in [0.5, 0.6) is 0 Å². The van der Waals surface area contributed by atoms with E-state index in [-0.39, 0.29) is 6.61 Å². The molecule has 0 aromatic carbocycles. The Morgan fingerprint density at radius 3 is 3.00 bits per heavy atom. The van der Waals surface area contributed by atoms with Gasteiger partial charge in [0.25, 0.3) is 0 Å². The van der Waals surface area contributed by atoms with Crippen molar-refractivity contribution in [1.29, 1.82) is 0 Å². The number of rotatable bonds is 1. The summed E-state index contributed by atoms with van der Waals surface area (Å²) in [5.74, 6) is 0. The summed E-state index contributed by atoms with van der Waals surface area (Å²) >= 11 is 1.60. The average molecular weight is 179 g/mol. The summed E-state index contributed by atoms with van der Waals surface area (Å²) in [5, 5.41) is 10.1. The monoisotopic (exact) mass is 179 g/mol. The van der Waals surface area contributed by atoms with Crippen molar-refractivity contribution in [2.24, 2.45) is 0 Å². The van der Waals surface area contributed by atoms with Gasteiger partial charge in [-0.05, 0) is 23.9 Å². The highest BCUT2D eigenvalue weighted by Gasteiger charge is 2.02. The molecular formula is C9H9NOS. The van der Waals surface area contributed by atoms with E-state index in [0.717, 1.165) is 9.58 Å². The Morgan fingerprint density at radius 2 is 2.33 bits per heavy atom. The second-order valence-corrected chi connectivity index (χ2v) is 3.91. The fourth-order valence-corrected chi connectivity index (χ4v) is 2.19. The Bertz CT molecular complexity index is 408. The third-order valence-electron chi connectivity index (χ3n) is 1.85. The highest BCUT2D eigenvalue weighted by atomic mass is 32.1. The summed E-state index contributed by atoms with van der Waals surface area (Å²) in [6, 6.07) is 2.02. The zero-order chi connectivity index (χ0) is 8.55. The van der Waals surface area contributed by atoms with Gasteiger partial charge >= 0.3 is 0 Å². The standard InChI is InChI=1S/C9H9NOS/c1-6-3-10-4-9-8(6)2-7(5-11)12-9/h2-4,11H,5H2,1H3. The molecule has 0 unspecified atom stereocenters. The molecule has 0 aliphatic heterocycles. The SMILES string of the molecule is Cc1cncc2sc(CO)cc12. The first-order valence-electron chi connectivity index (χ1n) is 3.75. The first kappa shape index (κ1) is 7.71. The van der Waals surface area contributed by atoms with E-state index in [2.05, 4.69) is 4.98 Å². The lowest BCUT2D eigenvalue weighted by atomic mass is 10.2. The third-order valence-corrected chi connectivity index (χ3v) is 2.91. The van der Waals surface area contributed by atoms with Gasteiger partial charge in [0.15, 0.2) is 0 Å². The number of aliphatic hydroxyl groups excluding tert-OH is 1. The molecule has 0 fully saturated rings. The van der Waals surface area contributed by atoms with E-state index in [4.69, 9.17) is 5.11 Å². The van der Waals surface area contributed by atoms with Crippen LogP contribution in [0.15, 0.2) is 18.5 Å². The third kappa shape index (κ3) is 1.11. The van der Waals surface area contributed by atoms with Gasteiger partial charge in [0, 0.05) is 17.3 Å². The Hall–Kier alpha value is -0.930. The van der Waals surface area contributed by atoms with E-state index in [1.165, 1.54) is 10.9 Å². The topological polar surface area (TPSA) is 33.1 Å². The molecule has 0 spiro atoms. The number of hydrogen-bond acceptors (Lipinski definition) is 3. The summed E-state index contributed by atoms with van der Waals surface area (Å²) < 4.78 is 1.15. The zero-order valence-corrected chi connectivity index (χ0v) is 7.56. The smallest absolute Gasteiger partial charge is 0.0774 e. The van der Waals surface area contributed by atoms with Gasteiger partial charge in [0.1, 0.15) is 0 Å². The highest BCUT2D eigenvalue weighted by Crippen LogP contribution is 2.26. The van der Waals surface area contributed by atoms with Crippen molar-refractivity contribution < 1.29 is 5.11 Å². The summed E-state index contributed by atoms with van der Waals surface area (Å²) in [5.41, 5.74) is 1.17. The van der Waals surface area contributed by atoms with E-state index in [9.17, 15) is 0 Å². The minimum Gasteiger partial charge on any atom is -0.391 e. The summed E-state index contributed by atoms with van der Waals surface area (Å²) in [6.45, 7) is 2.15. The zero-order valence-electron chi connectivity index (χ0n) is 6.74. The maximum absolute atomic E-state index is 8.92. The van der Waals surface area contributed by atoms with E-state index in [1.807, 2.05) is 25.4 Å². The maximum atomic E-state index is 8.92. The van der Waals surface area contributed by atoms with E-state index in [1.54, 1.807) is 11.3 Å². The maximum Gasteiger partial charge on any atom is 0.0774 e. The lowest BCUT2D eigenvalue weighted by molar-refractivity contribution is 0.285. The molecule has 0 saturated carbocycles. The van der Waals surface area contributed by atoms with E-state index in [0.29, 0.717) is 0 Å². The molecule has 0 atom stereocenters. The number of thiophene rings is 1. The number of fused-ring (bicyclic) bond motifs is 1. The molecule has 0 aliphatic rings.